The summed E-state index contributed by atoms with van der Waals surface area (Å²) in [6.07, 6.45) is 0. The minimum absolute atomic E-state index is 0.000170. The summed E-state index contributed by atoms with van der Waals surface area (Å²) in [6.45, 7) is 0. The molecule has 0 aliphatic heterocycles. The topological polar surface area (TPSA) is 38.0 Å². The van der Waals surface area contributed by atoms with Crippen molar-refractivity contribution in [3.05, 3.63) is 55.6 Å². The van der Waals surface area contributed by atoms with E-state index in [0.29, 0.717) is 0 Å². The third kappa shape index (κ3) is 2.64. The lowest BCUT2D eigenvalue weighted by Crippen LogP contribution is -2.28. The molecule has 0 bridgehead atoms. The number of hydrogen-bond donors (Lipinski definition) is 2. The fourth-order valence-electron chi connectivity index (χ4n) is 1.51. The largest absolute Gasteiger partial charge is 0.271 e. The van der Waals surface area contributed by atoms with Crippen molar-refractivity contribution in [1.29, 1.82) is 0 Å². The van der Waals surface area contributed by atoms with Gasteiger partial charge >= 0.3 is 0 Å². The van der Waals surface area contributed by atoms with Crippen LogP contribution in [0.4, 0.5) is 0 Å². The van der Waals surface area contributed by atoms with Crippen molar-refractivity contribution in [3.8, 4) is 0 Å². The van der Waals surface area contributed by atoms with Crippen LogP contribution in [-0.2, 0) is 0 Å². The third-order valence-corrected chi connectivity index (χ3v) is 4.07. The molecule has 84 valence electrons. The lowest BCUT2D eigenvalue weighted by Gasteiger charge is -2.14. The zero-order chi connectivity index (χ0) is 11.5. The number of hydrazine groups is 1. The van der Waals surface area contributed by atoms with E-state index in [-0.39, 0.29) is 6.04 Å². The van der Waals surface area contributed by atoms with Gasteiger partial charge in [0, 0.05) is 5.02 Å². The fourth-order valence-corrected chi connectivity index (χ4v) is 2.84. The molecular weight excluding hydrogens is 308 g/mol. The number of halogens is 2. The van der Waals surface area contributed by atoms with E-state index < -0.39 is 0 Å². The van der Waals surface area contributed by atoms with E-state index >= 15 is 0 Å². The van der Waals surface area contributed by atoms with Crippen molar-refractivity contribution in [2.24, 2.45) is 5.84 Å². The van der Waals surface area contributed by atoms with Crippen LogP contribution in [0.3, 0.4) is 0 Å². The van der Waals surface area contributed by atoms with E-state index in [2.05, 4.69) is 32.8 Å². The summed E-state index contributed by atoms with van der Waals surface area (Å²) >= 11 is 10.9. The molecule has 0 aliphatic rings. The molecule has 1 aromatic heterocycles. The Kier molecular flexibility index (Phi) is 4.00. The van der Waals surface area contributed by atoms with E-state index in [0.717, 1.165) is 19.9 Å². The minimum Gasteiger partial charge on any atom is -0.271 e. The van der Waals surface area contributed by atoms with Crippen molar-refractivity contribution in [1.82, 2.24) is 5.43 Å². The highest BCUT2D eigenvalue weighted by Crippen LogP contribution is 2.29. The number of rotatable bonds is 3. The normalized spacial score (nSPS) is 12.7. The quantitative estimate of drug-likeness (QED) is 0.669. The first-order chi connectivity index (χ1) is 7.70. The second-order valence-electron chi connectivity index (χ2n) is 3.34. The smallest absolute Gasteiger partial charge is 0.0718 e. The van der Waals surface area contributed by atoms with Crippen LogP contribution in [0.5, 0.6) is 0 Å². The molecule has 0 spiro atoms. The molecule has 2 aromatic rings. The molecule has 0 amide bonds. The zero-order valence-electron chi connectivity index (χ0n) is 8.28. The summed E-state index contributed by atoms with van der Waals surface area (Å²) in [5.74, 6) is 5.59. The van der Waals surface area contributed by atoms with Crippen LogP contribution in [-0.4, -0.2) is 0 Å². The summed E-state index contributed by atoms with van der Waals surface area (Å²) in [4.78, 5) is 0. The SMILES string of the molecule is NNC(c1ccc(Cl)cc1)c1csc(Br)c1. The first-order valence-electron chi connectivity index (χ1n) is 4.66. The Hall–Kier alpha value is -0.390. The Bertz CT molecular complexity index is 469. The van der Waals surface area contributed by atoms with Gasteiger partial charge in [-0.2, -0.15) is 0 Å². The van der Waals surface area contributed by atoms with E-state index in [4.69, 9.17) is 17.4 Å². The first kappa shape index (κ1) is 12.1. The average molecular weight is 318 g/mol. The number of hydrogen-bond acceptors (Lipinski definition) is 3. The first-order valence-corrected chi connectivity index (χ1v) is 6.71. The highest BCUT2D eigenvalue weighted by molar-refractivity contribution is 9.11. The van der Waals surface area contributed by atoms with Crippen LogP contribution in [0.1, 0.15) is 17.2 Å². The van der Waals surface area contributed by atoms with Crippen molar-refractivity contribution in [2.75, 3.05) is 0 Å². The van der Waals surface area contributed by atoms with Crippen LogP contribution in [0.2, 0.25) is 5.02 Å². The molecular formula is C11H10BrClN2S. The number of benzene rings is 1. The second-order valence-corrected chi connectivity index (χ2v) is 6.06. The Morgan fingerprint density at radius 3 is 2.44 bits per heavy atom. The van der Waals surface area contributed by atoms with Gasteiger partial charge in [0.05, 0.1) is 9.83 Å². The molecule has 1 heterocycles. The van der Waals surface area contributed by atoms with Crippen molar-refractivity contribution in [2.45, 2.75) is 6.04 Å². The fraction of sp³-hybridized carbons (Fsp3) is 0.0909. The van der Waals surface area contributed by atoms with Crippen LogP contribution in [0.25, 0.3) is 0 Å². The van der Waals surface area contributed by atoms with Gasteiger partial charge in [-0.15, -0.1) is 11.3 Å². The number of nitrogens with one attached hydrogen (secondary N) is 1. The molecule has 1 unspecified atom stereocenters. The molecule has 0 saturated carbocycles. The van der Waals surface area contributed by atoms with Gasteiger partial charge in [0.1, 0.15) is 0 Å². The Morgan fingerprint density at radius 2 is 1.94 bits per heavy atom. The maximum absolute atomic E-state index is 5.85. The Morgan fingerprint density at radius 1 is 1.25 bits per heavy atom. The molecule has 0 radical (unpaired) electrons. The van der Waals surface area contributed by atoms with Crippen molar-refractivity contribution < 1.29 is 0 Å². The van der Waals surface area contributed by atoms with Crippen LogP contribution < -0.4 is 11.3 Å². The van der Waals surface area contributed by atoms with Gasteiger partial charge in [-0.25, -0.2) is 5.43 Å². The lowest BCUT2D eigenvalue weighted by molar-refractivity contribution is 0.639. The molecule has 16 heavy (non-hydrogen) atoms. The van der Waals surface area contributed by atoms with Gasteiger partial charge in [-0.1, -0.05) is 23.7 Å². The molecule has 0 aliphatic carbocycles. The summed E-state index contributed by atoms with van der Waals surface area (Å²) in [5.41, 5.74) is 5.05. The lowest BCUT2D eigenvalue weighted by atomic mass is 10.0. The molecule has 1 aromatic carbocycles. The Balaban J connectivity index is 2.32. The summed E-state index contributed by atoms with van der Waals surface area (Å²) in [5, 5.41) is 2.80. The van der Waals surface area contributed by atoms with Crippen molar-refractivity contribution >= 4 is 38.9 Å². The molecule has 2 rings (SSSR count). The molecule has 0 fully saturated rings. The van der Waals surface area contributed by atoms with Gasteiger partial charge in [0.25, 0.3) is 0 Å². The standard InChI is InChI=1S/C11H10BrClN2S/c12-10-5-8(6-16-10)11(15-14)7-1-3-9(13)4-2-7/h1-6,11,15H,14H2. The predicted molar refractivity (Wildman–Crippen MR) is 72.6 cm³/mol. The predicted octanol–water partition coefficient (Wildman–Crippen LogP) is 3.72. The van der Waals surface area contributed by atoms with E-state index in [1.807, 2.05) is 24.3 Å². The Labute approximate surface area is 112 Å². The maximum Gasteiger partial charge on any atom is 0.0718 e. The second kappa shape index (κ2) is 5.29. The number of thiophene rings is 1. The van der Waals surface area contributed by atoms with Gasteiger partial charge in [0.15, 0.2) is 0 Å². The minimum atomic E-state index is -0.000170. The van der Waals surface area contributed by atoms with Crippen LogP contribution >= 0.6 is 38.9 Å². The summed E-state index contributed by atoms with van der Waals surface area (Å²) < 4.78 is 1.09. The molecule has 1 atom stereocenters. The third-order valence-electron chi connectivity index (χ3n) is 2.29. The molecule has 2 nitrogen and oxygen atoms in total. The average Bonchev–Trinajstić information content (AvgIpc) is 2.69. The van der Waals surface area contributed by atoms with E-state index in [1.54, 1.807) is 11.3 Å². The van der Waals surface area contributed by atoms with Gasteiger partial charge in [-0.05, 0) is 50.6 Å². The highest BCUT2D eigenvalue weighted by atomic mass is 79.9. The van der Waals surface area contributed by atoms with Gasteiger partial charge in [-0.3, -0.25) is 5.84 Å². The van der Waals surface area contributed by atoms with Crippen LogP contribution in [0.15, 0.2) is 39.5 Å². The maximum atomic E-state index is 5.85. The van der Waals surface area contributed by atoms with E-state index in [1.165, 1.54) is 0 Å². The van der Waals surface area contributed by atoms with Gasteiger partial charge < -0.3 is 0 Å². The van der Waals surface area contributed by atoms with E-state index in [9.17, 15) is 0 Å². The monoisotopic (exact) mass is 316 g/mol. The molecule has 3 N–H and O–H groups in total. The summed E-state index contributed by atoms with van der Waals surface area (Å²) in [7, 11) is 0. The molecule has 0 saturated heterocycles. The van der Waals surface area contributed by atoms with Gasteiger partial charge in [0.2, 0.25) is 0 Å². The van der Waals surface area contributed by atoms with Crippen molar-refractivity contribution in [3.63, 3.8) is 0 Å². The highest BCUT2D eigenvalue weighted by Gasteiger charge is 2.13. The zero-order valence-corrected chi connectivity index (χ0v) is 11.4. The summed E-state index contributed by atoms with van der Waals surface area (Å²) in [6, 6.07) is 9.73. The van der Waals surface area contributed by atoms with Crippen LogP contribution in [0, 0.1) is 0 Å². The molecule has 5 heteroatoms. The number of nitrogens with two attached hydrogens (primary N) is 1.